The van der Waals surface area contributed by atoms with Gasteiger partial charge in [0, 0.05) is 70.8 Å². The summed E-state index contributed by atoms with van der Waals surface area (Å²) >= 11 is 12.8. The minimum atomic E-state index is -0.484. The van der Waals surface area contributed by atoms with Crippen LogP contribution in [0.3, 0.4) is 0 Å². The summed E-state index contributed by atoms with van der Waals surface area (Å²) in [4.78, 5) is 23.9. The number of aromatic amines is 1. The summed E-state index contributed by atoms with van der Waals surface area (Å²) in [5.41, 5.74) is 4.19. The molecule has 6 fully saturated rings. The number of halogens is 3. The highest BCUT2D eigenvalue weighted by Crippen LogP contribution is 2.47. The summed E-state index contributed by atoms with van der Waals surface area (Å²) in [5, 5.41) is 18.4. The number of benzene rings is 2. The van der Waals surface area contributed by atoms with Crippen LogP contribution in [-0.2, 0) is 11.2 Å². The smallest absolute Gasteiger partial charge is 0.226 e. The largest absolute Gasteiger partial charge is 0.356 e. The molecule has 3 unspecified atom stereocenters. The second-order valence-electron chi connectivity index (χ2n) is 13.8. The Labute approximate surface area is 277 Å². The molecule has 6 heterocycles. The van der Waals surface area contributed by atoms with Gasteiger partial charge in [-0.15, -0.1) is 0 Å². The van der Waals surface area contributed by atoms with Crippen LogP contribution in [0.1, 0.15) is 61.5 Å². The van der Waals surface area contributed by atoms with E-state index in [1.807, 2.05) is 13.0 Å². The van der Waals surface area contributed by atoms with Gasteiger partial charge in [-0.2, -0.15) is 5.26 Å². The molecule has 2 saturated carbocycles. The predicted molar refractivity (Wildman–Crippen MR) is 179 cm³/mol. The number of fused-ring (bicyclic) bond motifs is 6. The number of nitrogens with zero attached hydrogens (tertiary/aromatic N) is 3. The van der Waals surface area contributed by atoms with Crippen LogP contribution in [0, 0.1) is 41.8 Å². The molecule has 2 aliphatic carbocycles. The van der Waals surface area contributed by atoms with Gasteiger partial charge in [0.25, 0.3) is 0 Å². The Hall–Kier alpha value is -3.22. The summed E-state index contributed by atoms with van der Waals surface area (Å²) in [6.45, 7) is 4.87. The number of carbonyl (C=O) groups is 1. The van der Waals surface area contributed by atoms with Crippen LogP contribution in [0.15, 0.2) is 30.3 Å². The van der Waals surface area contributed by atoms with Crippen molar-refractivity contribution in [1.82, 2.24) is 25.5 Å². The topological polar surface area (TPSA) is 96.8 Å². The molecule has 0 spiro atoms. The Balaban J connectivity index is 0.000000462. The number of piperidine rings is 1. The summed E-state index contributed by atoms with van der Waals surface area (Å²) in [6.07, 6.45) is 6.45. The molecule has 1 amide bonds. The van der Waals surface area contributed by atoms with Crippen LogP contribution < -0.4 is 10.6 Å². The van der Waals surface area contributed by atoms with E-state index < -0.39 is 5.82 Å². The van der Waals surface area contributed by atoms with Gasteiger partial charge < -0.3 is 20.5 Å². The number of carbonyl (C=O) groups excluding carboxylic acids is 1. The number of pyridine rings is 1. The maximum atomic E-state index is 16.5. The molecule has 2 aromatic heterocycles. The van der Waals surface area contributed by atoms with Gasteiger partial charge in [0.05, 0.1) is 27.7 Å². The number of amides is 1. The molecule has 6 aliphatic rings. The molecule has 10 heteroatoms. The fourth-order valence-electron chi connectivity index (χ4n) is 8.25. The molecule has 3 N–H and O–H groups in total. The zero-order chi connectivity index (χ0) is 31.7. The lowest BCUT2D eigenvalue weighted by molar-refractivity contribution is -0.135. The number of nitrogens with one attached hydrogen (secondary N) is 3. The van der Waals surface area contributed by atoms with Gasteiger partial charge in [-0.3, -0.25) is 4.79 Å². The number of hydrogen-bond donors (Lipinski definition) is 3. The van der Waals surface area contributed by atoms with Gasteiger partial charge in [-0.05, 0) is 87.6 Å². The number of likely N-dealkylation sites (tertiary alicyclic amines) is 1. The molecule has 2 aromatic carbocycles. The van der Waals surface area contributed by atoms with E-state index in [0.29, 0.717) is 45.1 Å². The van der Waals surface area contributed by atoms with Crippen molar-refractivity contribution >= 4 is 50.9 Å². The average molecular weight is 660 g/mol. The first kappa shape index (κ1) is 30.1. The van der Waals surface area contributed by atoms with Crippen LogP contribution in [0.2, 0.25) is 10.0 Å². The lowest BCUT2D eigenvalue weighted by atomic mass is 9.87. The maximum absolute atomic E-state index is 16.5. The van der Waals surface area contributed by atoms with E-state index in [1.165, 1.54) is 19.4 Å². The van der Waals surface area contributed by atoms with Crippen LogP contribution in [-0.4, -0.2) is 52.5 Å². The highest BCUT2D eigenvalue weighted by atomic mass is 35.5. The molecule has 3 atom stereocenters. The molecule has 4 aliphatic heterocycles. The number of nitriles is 1. The molecule has 0 radical (unpaired) electrons. The highest BCUT2D eigenvalue weighted by molar-refractivity contribution is 6.43. The first-order chi connectivity index (χ1) is 22.3. The van der Waals surface area contributed by atoms with Crippen LogP contribution in [0.25, 0.3) is 32.9 Å². The van der Waals surface area contributed by atoms with E-state index in [4.69, 9.17) is 28.2 Å². The van der Waals surface area contributed by atoms with E-state index in [0.717, 1.165) is 60.9 Å². The zero-order valence-corrected chi connectivity index (χ0v) is 27.3. The van der Waals surface area contributed by atoms with Gasteiger partial charge >= 0.3 is 0 Å². The van der Waals surface area contributed by atoms with E-state index in [9.17, 15) is 10.1 Å². The minimum absolute atomic E-state index is 0.0533. The molecular weight excluding hydrogens is 622 g/mol. The summed E-state index contributed by atoms with van der Waals surface area (Å²) < 4.78 is 16.5. The summed E-state index contributed by atoms with van der Waals surface area (Å²) in [6, 6.07) is 12.4. The minimum Gasteiger partial charge on any atom is -0.356 e. The molecule has 10 rings (SSSR count). The zero-order valence-electron chi connectivity index (χ0n) is 25.8. The number of aromatic nitrogens is 2. The van der Waals surface area contributed by atoms with Gasteiger partial charge in [-0.1, -0.05) is 35.3 Å². The second-order valence-corrected chi connectivity index (χ2v) is 14.6. The van der Waals surface area contributed by atoms with E-state index in [2.05, 4.69) is 32.7 Å². The Morgan fingerprint density at radius 3 is 2.65 bits per heavy atom. The number of rotatable bonds is 5. The Bertz CT molecular complexity index is 1900. The van der Waals surface area contributed by atoms with E-state index >= 15 is 4.39 Å². The molecule has 46 heavy (non-hydrogen) atoms. The van der Waals surface area contributed by atoms with Gasteiger partial charge in [0.1, 0.15) is 5.52 Å². The van der Waals surface area contributed by atoms with Crippen LogP contribution in [0.4, 0.5) is 4.39 Å². The molecular formula is C36H37Cl2FN6O. The Morgan fingerprint density at radius 1 is 1.13 bits per heavy atom. The quantitative estimate of drug-likeness (QED) is 0.210. The van der Waals surface area contributed by atoms with Gasteiger partial charge in [0.15, 0.2) is 5.82 Å². The monoisotopic (exact) mass is 658 g/mol. The lowest BCUT2D eigenvalue weighted by Crippen LogP contribution is -2.42. The number of hydrogen-bond acceptors (Lipinski definition) is 5. The normalized spacial score (nSPS) is 26.2. The Kier molecular flexibility index (Phi) is 7.72. The van der Waals surface area contributed by atoms with Crippen molar-refractivity contribution in [2.75, 3.05) is 19.6 Å². The van der Waals surface area contributed by atoms with Gasteiger partial charge in [0.2, 0.25) is 5.91 Å². The standard InChI is InChI=1S/C31H28Cl2FN5O.C5H9N/c1-15-21-12-24(30-18-10-19(14-36-13-18)39(30)31(40)16-7-8-16)38-28(21)22-11-17(4-3-9-35)25(27(34)29(22)37-15)20-5-2-6-23(32)26(20)33;1-4-2-5(1)6-3-4/h2,5-6,11-12,16,18-19,30,36,38H,3-4,7-8,10,13-14H2,1H3;4-6H,1-3H2. The first-order valence-electron chi connectivity index (χ1n) is 16.5. The second kappa shape index (κ2) is 11.8. The van der Waals surface area contributed by atoms with E-state index in [-0.39, 0.29) is 40.9 Å². The van der Waals surface area contributed by atoms with Crippen molar-refractivity contribution < 1.29 is 9.18 Å². The molecule has 4 saturated heterocycles. The lowest BCUT2D eigenvalue weighted by Gasteiger charge is -2.29. The third kappa shape index (κ3) is 5.07. The fraction of sp³-hybridized carbons (Fsp3) is 0.472. The predicted octanol–water partition coefficient (Wildman–Crippen LogP) is 7.23. The van der Waals surface area contributed by atoms with Crippen LogP contribution >= 0.6 is 23.2 Å². The van der Waals surface area contributed by atoms with Crippen molar-refractivity contribution in [2.45, 2.75) is 70.0 Å². The maximum Gasteiger partial charge on any atom is 0.226 e. The number of aryl methyl sites for hydroxylation is 2. The third-order valence-electron chi connectivity index (χ3n) is 10.8. The van der Waals surface area contributed by atoms with Crippen molar-refractivity contribution in [2.24, 2.45) is 17.8 Å². The van der Waals surface area contributed by atoms with Crippen molar-refractivity contribution in [3.05, 3.63) is 63.1 Å². The summed E-state index contributed by atoms with van der Waals surface area (Å²) in [5.74, 6) is 1.31. The molecule has 4 aromatic rings. The van der Waals surface area contributed by atoms with Gasteiger partial charge in [-0.25, -0.2) is 9.37 Å². The Morgan fingerprint density at radius 2 is 1.96 bits per heavy atom. The third-order valence-corrected chi connectivity index (χ3v) is 11.6. The first-order valence-corrected chi connectivity index (χ1v) is 17.3. The van der Waals surface area contributed by atoms with E-state index in [1.54, 1.807) is 18.2 Å². The number of H-pyrrole nitrogens is 1. The fourth-order valence-corrected chi connectivity index (χ4v) is 8.65. The summed E-state index contributed by atoms with van der Waals surface area (Å²) in [7, 11) is 0. The average Bonchev–Trinajstić information content (AvgIpc) is 3.33. The van der Waals surface area contributed by atoms with Crippen molar-refractivity contribution in [3.8, 4) is 17.2 Å². The highest BCUT2D eigenvalue weighted by Gasteiger charge is 2.50. The van der Waals surface area contributed by atoms with Crippen molar-refractivity contribution in [3.63, 3.8) is 0 Å². The van der Waals surface area contributed by atoms with Crippen LogP contribution in [0.5, 0.6) is 0 Å². The molecule has 4 bridgehead atoms. The van der Waals surface area contributed by atoms with Crippen molar-refractivity contribution in [1.29, 1.82) is 5.26 Å². The SMILES string of the molecule is C1NC2CC1C2.Cc1nc2c(F)c(-c3cccc(Cl)c3Cl)c(CCC#N)cc2c2[nH]c(C3C4CNCC(C4)N3C(=O)C3CC3)cc12. The molecule has 7 nitrogen and oxygen atoms in total. The molecule has 238 valence electrons.